The number of amides is 1. The van der Waals surface area contributed by atoms with Gasteiger partial charge in [-0.2, -0.15) is 4.31 Å². The van der Waals surface area contributed by atoms with E-state index in [1.807, 2.05) is 31.2 Å². The molecule has 3 rings (SSSR count). The number of likely N-dealkylation sites (N-methyl/N-ethyl adjacent to an activating group) is 1. The fourth-order valence-electron chi connectivity index (χ4n) is 3.96. The minimum absolute atomic E-state index is 0.0422. The van der Waals surface area contributed by atoms with Gasteiger partial charge in [-0.3, -0.25) is 14.9 Å². The zero-order valence-corrected chi connectivity index (χ0v) is 20.4. The zero-order chi connectivity index (χ0) is 24.9. The minimum Gasteiger partial charge on any atom is -0.491 e. The highest BCUT2D eigenvalue weighted by atomic mass is 32.2. The minimum atomic E-state index is -3.91. The van der Waals surface area contributed by atoms with E-state index < -0.39 is 14.9 Å². The third kappa shape index (κ3) is 5.65. The van der Waals surface area contributed by atoms with Crippen LogP contribution >= 0.6 is 0 Å². The molecule has 1 aliphatic heterocycles. The highest BCUT2D eigenvalue weighted by molar-refractivity contribution is 7.89. The molecule has 0 aliphatic carbocycles. The van der Waals surface area contributed by atoms with E-state index in [0.717, 1.165) is 17.4 Å². The molecule has 0 aromatic heterocycles. The average Bonchev–Trinajstić information content (AvgIpc) is 2.84. The maximum absolute atomic E-state index is 13.0. The predicted octanol–water partition coefficient (Wildman–Crippen LogP) is 2.88. The summed E-state index contributed by atoms with van der Waals surface area (Å²) in [4.78, 5) is 25.0. The largest absolute Gasteiger partial charge is 0.491 e. The van der Waals surface area contributed by atoms with Crippen molar-refractivity contribution < 1.29 is 22.9 Å². The van der Waals surface area contributed by atoms with E-state index >= 15 is 0 Å². The molecule has 2 aromatic rings. The number of hydrogen-bond donors (Lipinski definition) is 1. The van der Waals surface area contributed by atoms with Crippen molar-refractivity contribution in [2.75, 3.05) is 45.7 Å². The summed E-state index contributed by atoms with van der Waals surface area (Å²) < 4.78 is 33.1. The van der Waals surface area contributed by atoms with Gasteiger partial charge in [0.25, 0.3) is 5.69 Å². The van der Waals surface area contributed by atoms with Crippen LogP contribution in [-0.2, 0) is 14.8 Å². The summed E-state index contributed by atoms with van der Waals surface area (Å²) in [6.07, 6.45) is 0.773. The first-order valence-electron chi connectivity index (χ1n) is 11.0. The third-order valence-electron chi connectivity index (χ3n) is 6.03. The number of nitrogens with one attached hydrogen (secondary N) is 1. The van der Waals surface area contributed by atoms with Crippen LogP contribution in [0, 0.1) is 23.0 Å². The summed E-state index contributed by atoms with van der Waals surface area (Å²) in [5.41, 5.74) is 0.960. The van der Waals surface area contributed by atoms with Gasteiger partial charge >= 0.3 is 0 Å². The molecule has 0 unspecified atom stereocenters. The maximum Gasteiger partial charge on any atom is 0.293 e. The maximum atomic E-state index is 13.0. The van der Waals surface area contributed by atoms with E-state index in [0.29, 0.717) is 26.0 Å². The van der Waals surface area contributed by atoms with Crippen molar-refractivity contribution in [1.29, 1.82) is 0 Å². The Morgan fingerprint density at radius 1 is 1.24 bits per heavy atom. The van der Waals surface area contributed by atoms with E-state index in [-0.39, 0.29) is 41.2 Å². The Morgan fingerprint density at radius 3 is 2.53 bits per heavy atom. The molecule has 2 aromatic carbocycles. The second-order valence-corrected chi connectivity index (χ2v) is 10.2. The van der Waals surface area contributed by atoms with E-state index in [1.165, 1.54) is 23.5 Å². The Bertz CT molecular complexity index is 1150. The number of benzene rings is 2. The summed E-state index contributed by atoms with van der Waals surface area (Å²) in [6, 6.07) is 11.5. The quantitative estimate of drug-likeness (QED) is 0.424. The number of carbonyl (C=O) groups excluding carboxylic acids is 1. The first-order chi connectivity index (χ1) is 16.1. The molecule has 184 valence electrons. The fourth-order valence-corrected chi connectivity index (χ4v) is 5.45. The van der Waals surface area contributed by atoms with Gasteiger partial charge in [-0.1, -0.05) is 18.2 Å². The lowest BCUT2D eigenvalue weighted by Gasteiger charge is -2.32. The van der Waals surface area contributed by atoms with Gasteiger partial charge < -0.3 is 15.0 Å². The Labute approximate surface area is 199 Å². The van der Waals surface area contributed by atoms with Crippen LogP contribution in [0.5, 0.6) is 5.75 Å². The van der Waals surface area contributed by atoms with Crippen LogP contribution in [0.4, 0.5) is 11.4 Å². The number of nitro benzene ring substituents is 1. The average molecular weight is 491 g/mol. The molecule has 0 bridgehead atoms. The van der Waals surface area contributed by atoms with E-state index in [1.54, 1.807) is 11.9 Å². The van der Waals surface area contributed by atoms with Crippen LogP contribution in [0.2, 0.25) is 0 Å². The van der Waals surface area contributed by atoms with Crippen molar-refractivity contribution in [3.63, 3.8) is 0 Å². The van der Waals surface area contributed by atoms with E-state index in [2.05, 4.69) is 5.32 Å². The standard InChI is InChI=1S/C23H30N4O6S/c1-17-6-4-5-7-22(17)33-15-14-25(3)23(28)18-10-12-26(13-11-18)34(31,32)19-8-9-20(24-2)21(16-19)27(29)30/h4-9,16,18,24H,10-15H2,1-3H3. The smallest absolute Gasteiger partial charge is 0.293 e. The number of rotatable bonds is 9. The molecule has 1 N–H and O–H groups in total. The van der Waals surface area contributed by atoms with Crippen LogP contribution < -0.4 is 10.1 Å². The van der Waals surface area contributed by atoms with E-state index in [4.69, 9.17) is 4.74 Å². The number of carbonyl (C=O) groups is 1. The van der Waals surface area contributed by atoms with Gasteiger partial charge in [0.1, 0.15) is 18.0 Å². The third-order valence-corrected chi connectivity index (χ3v) is 7.92. The number of hydrogen-bond acceptors (Lipinski definition) is 7. The molecule has 1 saturated heterocycles. The van der Waals surface area contributed by atoms with Crippen LogP contribution in [0.1, 0.15) is 18.4 Å². The first-order valence-corrected chi connectivity index (χ1v) is 12.5. The molecule has 0 atom stereocenters. The second-order valence-electron chi connectivity index (χ2n) is 8.24. The van der Waals surface area contributed by atoms with Gasteiger partial charge in [0.15, 0.2) is 0 Å². The Hall–Kier alpha value is -3.18. The van der Waals surface area contributed by atoms with Crippen LogP contribution in [0.3, 0.4) is 0 Å². The molecule has 1 amide bonds. The summed E-state index contributed by atoms with van der Waals surface area (Å²) in [6.45, 7) is 3.09. The van der Waals surface area contributed by atoms with Gasteiger partial charge in [-0.25, -0.2) is 8.42 Å². The van der Waals surface area contributed by atoms with Crippen molar-refractivity contribution >= 4 is 27.3 Å². The van der Waals surface area contributed by atoms with Gasteiger partial charge in [0.2, 0.25) is 15.9 Å². The number of anilines is 1. The normalized spacial score (nSPS) is 15.0. The number of para-hydroxylation sites is 1. The Kier molecular flexibility index (Phi) is 8.11. The van der Waals surface area contributed by atoms with Crippen LogP contribution in [-0.4, -0.2) is 68.8 Å². The number of ether oxygens (including phenoxy) is 1. The Morgan fingerprint density at radius 2 is 1.91 bits per heavy atom. The van der Waals surface area contributed by atoms with Gasteiger partial charge in [-0.05, 0) is 43.5 Å². The molecule has 0 radical (unpaired) electrons. The summed E-state index contributed by atoms with van der Waals surface area (Å²) >= 11 is 0. The molecule has 1 aliphatic rings. The molecule has 1 heterocycles. The molecule has 10 nitrogen and oxygen atoms in total. The molecular weight excluding hydrogens is 460 g/mol. The number of piperidine rings is 1. The fraction of sp³-hybridized carbons (Fsp3) is 0.435. The van der Waals surface area contributed by atoms with E-state index in [9.17, 15) is 23.3 Å². The number of nitrogens with zero attached hydrogens (tertiary/aromatic N) is 3. The van der Waals surface area contributed by atoms with Crippen molar-refractivity contribution in [3.05, 3.63) is 58.1 Å². The van der Waals surface area contributed by atoms with Gasteiger partial charge in [0.05, 0.1) is 16.4 Å². The summed E-state index contributed by atoms with van der Waals surface area (Å²) in [5, 5.41) is 14.0. The predicted molar refractivity (Wildman–Crippen MR) is 128 cm³/mol. The summed E-state index contributed by atoms with van der Waals surface area (Å²) in [5.74, 6) is 0.459. The SMILES string of the molecule is CNc1ccc(S(=O)(=O)N2CCC(C(=O)N(C)CCOc3ccccc3C)CC2)cc1[N+](=O)[O-]. The molecule has 0 saturated carbocycles. The lowest BCUT2D eigenvalue weighted by Crippen LogP contribution is -2.44. The molecule has 1 fully saturated rings. The van der Waals surface area contributed by atoms with Crippen molar-refractivity contribution in [2.45, 2.75) is 24.7 Å². The van der Waals surface area contributed by atoms with Gasteiger partial charge in [0, 0.05) is 39.2 Å². The lowest BCUT2D eigenvalue weighted by molar-refractivity contribution is -0.384. The topological polar surface area (TPSA) is 122 Å². The Balaban J connectivity index is 1.56. The summed E-state index contributed by atoms with van der Waals surface area (Å²) in [7, 11) is -0.656. The molecule has 0 spiro atoms. The lowest BCUT2D eigenvalue weighted by atomic mass is 9.97. The van der Waals surface area contributed by atoms with Crippen LogP contribution in [0.25, 0.3) is 0 Å². The van der Waals surface area contributed by atoms with Crippen molar-refractivity contribution in [1.82, 2.24) is 9.21 Å². The monoisotopic (exact) mass is 490 g/mol. The first kappa shape index (κ1) is 25.4. The molecule has 11 heteroatoms. The number of nitro groups is 1. The molecular formula is C23H30N4O6S. The zero-order valence-electron chi connectivity index (χ0n) is 19.6. The van der Waals surface area contributed by atoms with Crippen LogP contribution in [0.15, 0.2) is 47.4 Å². The van der Waals surface area contributed by atoms with Crippen molar-refractivity contribution in [3.8, 4) is 5.75 Å². The second kappa shape index (κ2) is 10.8. The number of sulfonamides is 1. The van der Waals surface area contributed by atoms with Gasteiger partial charge in [-0.15, -0.1) is 0 Å². The van der Waals surface area contributed by atoms with Crippen molar-refractivity contribution in [2.24, 2.45) is 5.92 Å². The molecule has 34 heavy (non-hydrogen) atoms. The highest BCUT2D eigenvalue weighted by Crippen LogP contribution is 2.30. The highest BCUT2D eigenvalue weighted by Gasteiger charge is 2.34. The number of aryl methyl sites for hydroxylation is 1.